The molecular weight excluding hydrogens is 272 g/mol. The van der Waals surface area contributed by atoms with E-state index in [-0.39, 0.29) is 5.91 Å². The van der Waals surface area contributed by atoms with E-state index in [0.29, 0.717) is 12.6 Å². The lowest BCUT2D eigenvalue weighted by atomic mass is 10.1. The fourth-order valence-corrected chi connectivity index (χ4v) is 3.33. The van der Waals surface area contributed by atoms with E-state index in [9.17, 15) is 4.79 Å². The highest BCUT2D eigenvalue weighted by atomic mass is 32.1. The van der Waals surface area contributed by atoms with E-state index in [1.54, 1.807) is 23.2 Å². The predicted octanol–water partition coefficient (Wildman–Crippen LogP) is 1.70. The average molecular weight is 296 g/mol. The second-order valence-corrected chi connectivity index (χ2v) is 6.00. The number of thiazole rings is 1. The van der Waals surface area contributed by atoms with Gasteiger partial charge in [-0.05, 0) is 19.9 Å². The number of carbonyl (C=O) groups excluding carboxylic acids is 1. The van der Waals surface area contributed by atoms with Gasteiger partial charge in [0.2, 0.25) is 5.91 Å². The van der Waals surface area contributed by atoms with Crippen LogP contribution in [-0.2, 0) is 11.3 Å². The van der Waals surface area contributed by atoms with Crippen LogP contribution in [0.4, 0.5) is 5.13 Å². The number of amides is 1. The van der Waals surface area contributed by atoms with Crippen LogP contribution in [-0.4, -0.2) is 48.0 Å². The summed E-state index contributed by atoms with van der Waals surface area (Å²) < 4.78 is 0. The van der Waals surface area contributed by atoms with E-state index < -0.39 is 0 Å². The zero-order chi connectivity index (χ0) is 14.5. The van der Waals surface area contributed by atoms with Gasteiger partial charge in [0.15, 0.2) is 5.13 Å². The molecule has 1 aliphatic rings. The fourth-order valence-electron chi connectivity index (χ4n) is 2.40. The summed E-state index contributed by atoms with van der Waals surface area (Å²) in [5.74, 6) is 0.0574. The first-order valence-electron chi connectivity index (χ1n) is 7.33. The fraction of sp³-hybridized carbons (Fsp3) is 0.714. The van der Waals surface area contributed by atoms with Crippen LogP contribution in [0.1, 0.15) is 32.9 Å². The summed E-state index contributed by atoms with van der Waals surface area (Å²) in [4.78, 5) is 20.4. The van der Waals surface area contributed by atoms with Gasteiger partial charge in [-0.15, -0.1) is 11.3 Å². The Morgan fingerprint density at radius 2 is 2.25 bits per heavy atom. The molecular formula is C14H24N4OS. The zero-order valence-electron chi connectivity index (χ0n) is 12.6. The Kier molecular flexibility index (Phi) is 5.51. The number of anilines is 1. The molecule has 20 heavy (non-hydrogen) atoms. The van der Waals surface area contributed by atoms with Crippen molar-refractivity contribution in [2.24, 2.45) is 0 Å². The highest BCUT2D eigenvalue weighted by Gasteiger charge is 2.24. The standard InChI is InChI=1S/C14H24N4OS/c1-4-6-17(13-7-15-8-13)9-12-10-20-14(16-12)18(5-2)11(3)19/h10,13,15H,4-9H2,1-3H3. The average Bonchev–Trinajstić information content (AvgIpc) is 2.76. The first-order chi connectivity index (χ1) is 9.65. The molecule has 1 saturated heterocycles. The number of hydrogen-bond donors (Lipinski definition) is 1. The van der Waals surface area contributed by atoms with Crippen molar-refractivity contribution in [1.82, 2.24) is 15.2 Å². The molecule has 1 aromatic heterocycles. The summed E-state index contributed by atoms with van der Waals surface area (Å²) in [6.45, 7) is 10.6. The molecule has 1 aliphatic heterocycles. The first kappa shape index (κ1) is 15.4. The van der Waals surface area contributed by atoms with Gasteiger partial charge in [-0.1, -0.05) is 6.92 Å². The predicted molar refractivity (Wildman–Crippen MR) is 83.2 cm³/mol. The largest absolute Gasteiger partial charge is 0.314 e. The monoisotopic (exact) mass is 296 g/mol. The molecule has 0 aromatic carbocycles. The molecule has 5 nitrogen and oxygen atoms in total. The van der Waals surface area contributed by atoms with Gasteiger partial charge < -0.3 is 5.32 Å². The Bertz CT molecular complexity index is 444. The molecule has 1 fully saturated rings. The SMILES string of the molecule is CCCN(Cc1csc(N(CC)C(C)=O)n1)C1CNC1. The lowest BCUT2D eigenvalue weighted by Gasteiger charge is -2.37. The van der Waals surface area contributed by atoms with Crippen molar-refractivity contribution in [2.45, 2.75) is 39.8 Å². The third-order valence-corrected chi connectivity index (χ3v) is 4.53. The summed E-state index contributed by atoms with van der Waals surface area (Å²) in [6, 6.07) is 0.634. The topological polar surface area (TPSA) is 48.5 Å². The van der Waals surface area contributed by atoms with Gasteiger partial charge in [-0.25, -0.2) is 4.98 Å². The Morgan fingerprint density at radius 1 is 1.50 bits per heavy atom. The maximum Gasteiger partial charge on any atom is 0.225 e. The van der Waals surface area contributed by atoms with Crippen molar-refractivity contribution in [2.75, 3.05) is 31.1 Å². The number of nitrogens with zero attached hydrogens (tertiary/aromatic N) is 3. The van der Waals surface area contributed by atoms with E-state index in [4.69, 9.17) is 0 Å². The van der Waals surface area contributed by atoms with Crippen LogP contribution in [0.5, 0.6) is 0 Å². The van der Waals surface area contributed by atoms with Crippen molar-refractivity contribution in [1.29, 1.82) is 0 Å². The smallest absolute Gasteiger partial charge is 0.225 e. The Morgan fingerprint density at radius 3 is 2.75 bits per heavy atom. The summed E-state index contributed by atoms with van der Waals surface area (Å²) in [7, 11) is 0. The van der Waals surface area contributed by atoms with Crippen LogP contribution in [0.3, 0.4) is 0 Å². The third kappa shape index (κ3) is 3.56. The van der Waals surface area contributed by atoms with E-state index in [1.807, 2.05) is 6.92 Å². The minimum absolute atomic E-state index is 0.0574. The van der Waals surface area contributed by atoms with Crippen LogP contribution in [0.15, 0.2) is 5.38 Å². The Balaban J connectivity index is 2.01. The molecule has 1 N–H and O–H groups in total. The summed E-state index contributed by atoms with van der Waals surface area (Å²) in [6.07, 6.45) is 1.15. The second kappa shape index (κ2) is 7.15. The summed E-state index contributed by atoms with van der Waals surface area (Å²) in [5.41, 5.74) is 1.07. The number of carbonyl (C=O) groups is 1. The highest BCUT2D eigenvalue weighted by molar-refractivity contribution is 7.14. The number of aromatic nitrogens is 1. The lowest BCUT2D eigenvalue weighted by molar-refractivity contribution is -0.116. The van der Waals surface area contributed by atoms with Gasteiger partial charge in [0.1, 0.15) is 0 Å². The maximum atomic E-state index is 11.5. The number of rotatable bonds is 7. The third-order valence-electron chi connectivity index (χ3n) is 3.62. The van der Waals surface area contributed by atoms with Crippen LogP contribution in [0, 0.1) is 0 Å². The first-order valence-corrected chi connectivity index (χ1v) is 8.20. The van der Waals surface area contributed by atoms with Gasteiger partial charge in [0, 0.05) is 44.5 Å². The second-order valence-electron chi connectivity index (χ2n) is 5.17. The lowest BCUT2D eigenvalue weighted by Crippen LogP contribution is -2.57. The molecule has 0 atom stereocenters. The van der Waals surface area contributed by atoms with E-state index in [0.717, 1.165) is 43.4 Å². The molecule has 0 saturated carbocycles. The summed E-state index contributed by atoms with van der Waals surface area (Å²) >= 11 is 1.56. The van der Waals surface area contributed by atoms with Crippen LogP contribution < -0.4 is 10.2 Å². The number of nitrogens with one attached hydrogen (secondary N) is 1. The van der Waals surface area contributed by atoms with Gasteiger partial charge in [0.05, 0.1) is 5.69 Å². The van der Waals surface area contributed by atoms with Crippen LogP contribution in [0.2, 0.25) is 0 Å². The normalized spacial score (nSPS) is 15.4. The molecule has 0 unspecified atom stereocenters. The van der Waals surface area contributed by atoms with Crippen LogP contribution >= 0.6 is 11.3 Å². The highest BCUT2D eigenvalue weighted by Crippen LogP contribution is 2.22. The van der Waals surface area contributed by atoms with Gasteiger partial charge >= 0.3 is 0 Å². The van der Waals surface area contributed by atoms with E-state index in [2.05, 4.69) is 27.5 Å². The molecule has 2 rings (SSSR count). The molecule has 112 valence electrons. The van der Waals surface area contributed by atoms with Crippen molar-refractivity contribution in [3.8, 4) is 0 Å². The minimum Gasteiger partial charge on any atom is -0.314 e. The summed E-state index contributed by atoms with van der Waals surface area (Å²) in [5, 5.41) is 6.22. The molecule has 2 heterocycles. The van der Waals surface area contributed by atoms with Crippen molar-refractivity contribution in [3.05, 3.63) is 11.1 Å². The molecule has 0 bridgehead atoms. The molecule has 0 radical (unpaired) electrons. The zero-order valence-corrected chi connectivity index (χ0v) is 13.4. The van der Waals surface area contributed by atoms with E-state index >= 15 is 0 Å². The van der Waals surface area contributed by atoms with Gasteiger partial charge in [-0.3, -0.25) is 14.6 Å². The molecule has 1 aromatic rings. The van der Waals surface area contributed by atoms with Crippen molar-refractivity contribution < 1.29 is 4.79 Å². The maximum absolute atomic E-state index is 11.5. The van der Waals surface area contributed by atoms with Crippen molar-refractivity contribution >= 4 is 22.4 Å². The Hall–Kier alpha value is -0.980. The molecule has 1 amide bonds. The Labute approximate surface area is 125 Å². The number of hydrogen-bond acceptors (Lipinski definition) is 5. The molecule has 0 spiro atoms. The minimum atomic E-state index is 0.0574. The van der Waals surface area contributed by atoms with Gasteiger partial charge in [0.25, 0.3) is 0 Å². The van der Waals surface area contributed by atoms with Gasteiger partial charge in [-0.2, -0.15) is 0 Å². The van der Waals surface area contributed by atoms with E-state index in [1.165, 1.54) is 0 Å². The van der Waals surface area contributed by atoms with Crippen molar-refractivity contribution in [3.63, 3.8) is 0 Å². The van der Waals surface area contributed by atoms with Crippen LogP contribution in [0.25, 0.3) is 0 Å². The molecule has 0 aliphatic carbocycles. The molecule has 6 heteroatoms. The quantitative estimate of drug-likeness (QED) is 0.832.